The molecule has 0 unspecified atom stereocenters. The Kier molecular flexibility index (Phi) is 6.39. The molecule has 0 spiro atoms. The van der Waals surface area contributed by atoms with Gasteiger partial charge in [-0.3, -0.25) is 9.59 Å². The smallest absolute Gasteiger partial charge is 0.334 e. The first-order valence-electron chi connectivity index (χ1n) is 6.96. The minimum absolute atomic E-state index is 0.0545. The molecule has 0 atom stereocenters. The van der Waals surface area contributed by atoms with Gasteiger partial charge in [-0.15, -0.1) is 0 Å². The first-order chi connectivity index (χ1) is 10.2. The number of unbranched alkanes of at least 4 members (excludes halogenated alkanes) is 1. The third kappa shape index (κ3) is 5.75. The van der Waals surface area contributed by atoms with E-state index in [9.17, 15) is 22.8 Å². The van der Waals surface area contributed by atoms with E-state index in [4.69, 9.17) is 0 Å². The lowest BCUT2D eigenvalue weighted by atomic mass is 10.2. The molecule has 1 rings (SSSR count). The summed E-state index contributed by atoms with van der Waals surface area (Å²) in [4.78, 5) is 24.7. The highest BCUT2D eigenvalue weighted by molar-refractivity contribution is 5.94. The van der Waals surface area contributed by atoms with Crippen molar-refractivity contribution < 1.29 is 22.8 Å². The average Bonchev–Trinajstić information content (AvgIpc) is 2.42. The molecule has 0 heterocycles. The minimum Gasteiger partial charge on any atom is -0.334 e. The number of hydrogen-bond acceptors (Lipinski definition) is 2. The summed E-state index contributed by atoms with van der Waals surface area (Å²) in [6, 6.07) is 4.39. The van der Waals surface area contributed by atoms with Crippen molar-refractivity contribution in [2.75, 3.05) is 18.4 Å². The predicted octanol–water partition coefficient (Wildman–Crippen LogP) is 3.29. The van der Waals surface area contributed by atoms with Gasteiger partial charge in [0.05, 0.1) is 12.1 Å². The Hall–Kier alpha value is -2.05. The second-order valence-corrected chi connectivity index (χ2v) is 4.92. The molecule has 1 aromatic carbocycles. The Morgan fingerprint density at radius 1 is 1.27 bits per heavy atom. The molecule has 122 valence electrons. The molecule has 0 radical (unpaired) electrons. The van der Waals surface area contributed by atoms with Crippen LogP contribution in [0.2, 0.25) is 0 Å². The standard InChI is InChI=1S/C15H19F3N2O2/c1-3-4-8-20(11(2)21)10-14(22)19-13-7-5-6-12(9-13)15(16,17)18/h5-7,9H,3-4,8,10H2,1-2H3,(H,19,22). The number of rotatable bonds is 6. The van der Waals surface area contributed by atoms with Gasteiger partial charge in [-0.25, -0.2) is 0 Å². The molecule has 1 aromatic rings. The van der Waals surface area contributed by atoms with Gasteiger partial charge in [-0.2, -0.15) is 13.2 Å². The van der Waals surface area contributed by atoms with Gasteiger partial charge in [0, 0.05) is 19.2 Å². The average molecular weight is 316 g/mol. The van der Waals surface area contributed by atoms with Crippen LogP contribution in [0.5, 0.6) is 0 Å². The molecule has 7 heteroatoms. The number of carbonyl (C=O) groups is 2. The maximum absolute atomic E-state index is 12.6. The van der Waals surface area contributed by atoms with E-state index in [-0.39, 0.29) is 18.1 Å². The number of benzene rings is 1. The van der Waals surface area contributed by atoms with Gasteiger partial charge in [0.25, 0.3) is 0 Å². The molecular formula is C15H19F3N2O2. The Labute approximate surface area is 127 Å². The van der Waals surface area contributed by atoms with Gasteiger partial charge < -0.3 is 10.2 Å². The van der Waals surface area contributed by atoms with E-state index < -0.39 is 17.6 Å². The van der Waals surface area contributed by atoms with Crippen molar-refractivity contribution in [3.63, 3.8) is 0 Å². The maximum Gasteiger partial charge on any atom is 0.416 e. The molecular weight excluding hydrogens is 297 g/mol. The van der Waals surface area contributed by atoms with Crippen molar-refractivity contribution in [2.24, 2.45) is 0 Å². The topological polar surface area (TPSA) is 49.4 Å². The summed E-state index contributed by atoms with van der Waals surface area (Å²) in [6.07, 6.45) is -2.83. The van der Waals surface area contributed by atoms with Gasteiger partial charge in [-0.1, -0.05) is 19.4 Å². The van der Waals surface area contributed by atoms with Crippen LogP contribution in [0, 0.1) is 0 Å². The highest BCUT2D eigenvalue weighted by atomic mass is 19.4. The molecule has 0 bridgehead atoms. The molecule has 1 N–H and O–H groups in total. The van der Waals surface area contributed by atoms with Crippen LogP contribution < -0.4 is 5.32 Å². The summed E-state index contributed by atoms with van der Waals surface area (Å²) in [6.45, 7) is 3.58. The molecule has 22 heavy (non-hydrogen) atoms. The van der Waals surface area contributed by atoms with Crippen LogP contribution >= 0.6 is 0 Å². The van der Waals surface area contributed by atoms with Crippen LogP contribution in [0.3, 0.4) is 0 Å². The van der Waals surface area contributed by atoms with Crippen molar-refractivity contribution in [2.45, 2.75) is 32.9 Å². The Morgan fingerprint density at radius 2 is 1.95 bits per heavy atom. The minimum atomic E-state index is -4.46. The van der Waals surface area contributed by atoms with Crippen molar-refractivity contribution in [3.05, 3.63) is 29.8 Å². The number of carbonyl (C=O) groups excluding carboxylic acids is 2. The zero-order chi connectivity index (χ0) is 16.8. The molecule has 0 saturated heterocycles. The van der Waals surface area contributed by atoms with Crippen molar-refractivity contribution >= 4 is 17.5 Å². The van der Waals surface area contributed by atoms with E-state index in [1.165, 1.54) is 24.0 Å². The van der Waals surface area contributed by atoms with Gasteiger partial charge in [0.1, 0.15) is 0 Å². The molecule has 0 aliphatic rings. The zero-order valence-corrected chi connectivity index (χ0v) is 12.5. The maximum atomic E-state index is 12.6. The van der Waals surface area contributed by atoms with Crippen LogP contribution in [-0.2, 0) is 15.8 Å². The summed E-state index contributed by atoms with van der Waals surface area (Å²) in [5.41, 5.74) is -0.779. The van der Waals surface area contributed by atoms with Crippen LogP contribution in [0.25, 0.3) is 0 Å². The first kappa shape index (κ1) is 18.0. The molecule has 4 nitrogen and oxygen atoms in total. The molecule has 0 aliphatic carbocycles. The zero-order valence-electron chi connectivity index (χ0n) is 12.5. The fraction of sp³-hybridized carbons (Fsp3) is 0.467. The van der Waals surface area contributed by atoms with Gasteiger partial charge in [0.2, 0.25) is 11.8 Å². The lowest BCUT2D eigenvalue weighted by Gasteiger charge is -2.20. The Balaban J connectivity index is 2.70. The number of amides is 2. The SMILES string of the molecule is CCCCN(CC(=O)Nc1cccc(C(F)(F)F)c1)C(C)=O. The highest BCUT2D eigenvalue weighted by Crippen LogP contribution is 2.30. The van der Waals surface area contributed by atoms with E-state index in [0.717, 1.165) is 25.0 Å². The number of nitrogens with one attached hydrogen (secondary N) is 1. The van der Waals surface area contributed by atoms with E-state index in [1.54, 1.807) is 0 Å². The van der Waals surface area contributed by atoms with Gasteiger partial charge >= 0.3 is 6.18 Å². The van der Waals surface area contributed by atoms with E-state index >= 15 is 0 Å². The Morgan fingerprint density at radius 3 is 2.50 bits per heavy atom. The highest BCUT2D eigenvalue weighted by Gasteiger charge is 2.30. The van der Waals surface area contributed by atoms with Crippen molar-refractivity contribution in [3.8, 4) is 0 Å². The predicted molar refractivity (Wildman–Crippen MR) is 77.2 cm³/mol. The van der Waals surface area contributed by atoms with Crippen LogP contribution in [0.4, 0.5) is 18.9 Å². The molecule has 0 aliphatic heterocycles. The summed E-state index contributed by atoms with van der Waals surface area (Å²) in [5, 5.41) is 2.38. The summed E-state index contributed by atoms with van der Waals surface area (Å²) in [7, 11) is 0. The number of alkyl halides is 3. The van der Waals surface area contributed by atoms with Gasteiger partial charge in [0.15, 0.2) is 0 Å². The molecule has 0 saturated carbocycles. The summed E-state index contributed by atoms with van der Waals surface area (Å²) in [5.74, 6) is -0.765. The van der Waals surface area contributed by atoms with Crippen LogP contribution in [-0.4, -0.2) is 29.8 Å². The monoisotopic (exact) mass is 316 g/mol. The third-order valence-electron chi connectivity index (χ3n) is 3.04. The summed E-state index contributed by atoms with van der Waals surface area (Å²) >= 11 is 0. The van der Waals surface area contributed by atoms with Crippen LogP contribution in [0.1, 0.15) is 32.3 Å². The largest absolute Gasteiger partial charge is 0.416 e. The second-order valence-electron chi connectivity index (χ2n) is 4.92. The second kappa shape index (κ2) is 7.82. The first-order valence-corrected chi connectivity index (χ1v) is 6.96. The molecule has 0 fully saturated rings. The number of halogens is 3. The van der Waals surface area contributed by atoms with Crippen molar-refractivity contribution in [1.29, 1.82) is 0 Å². The fourth-order valence-electron chi connectivity index (χ4n) is 1.84. The fourth-order valence-corrected chi connectivity index (χ4v) is 1.84. The number of anilines is 1. The third-order valence-corrected chi connectivity index (χ3v) is 3.04. The lowest BCUT2D eigenvalue weighted by Crippen LogP contribution is -2.37. The van der Waals surface area contributed by atoms with E-state index in [2.05, 4.69) is 5.32 Å². The molecule has 2 amide bonds. The van der Waals surface area contributed by atoms with E-state index in [0.29, 0.717) is 6.54 Å². The number of hydrogen-bond donors (Lipinski definition) is 1. The van der Waals surface area contributed by atoms with E-state index in [1.807, 2.05) is 6.92 Å². The normalized spacial score (nSPS) is 11.1. The van der Waals surface area contributed by atoms with Crippen molar-refractivity contribution in [1.82, 2.24) is 4.90 Å². The molecule has 0 aromatic heterocycles. The quantitative estimate of drug-likeness (QED) is 0.875. The number of nitrogens with zero attached hydrogens (tertiary/aromatic N) is 1. The van der Waals surface area contributed by atoms with Crippen LogP contribution in [0.15, 0.2) is 24.3 Å². The Bertz CT molecular complexity index is 530. The summed E-state index contributed by atoms with van der Waals surface area (Å²) < 4.78 is 37.8. The lowest BCUT2D eigenvalue weighted by molar-refractivity contribution is -0.137. The van der Waals surface area contributed by atoms with Gasteiger partial charge in [-0.05, 0) is 24.6 Å².